The summed E-state index contributed by atoms with van der Waals surface area (Å²) in [5.41, 5.74) is 3.49. The van der Waals surface area contributed by atoms with E-state index in [9.17, 15) is 13.5 Å². The first-order chi connectivity index (χ1) is 8.28. The van der Waals surface area contributed by atoms with E-state index < -0.39 is 15.9 Å². The number of hydrogen-bond donors (Lipinski definition) is 1. The van der Waals surface area contributed by atoms with Crippen LogP contribution >= 0.6 is 0 Å². The van der Waals surface area contributed by atoms with E-state index >= 15 is 0 Å². The Hall–Kier alpha value is -0.870. The molecule has 102 valence electrons. The highest BCUT2D eigenvalue weighted by Crippen LogP contribution is 2.14. The van der Waals surface area contributed by atoms with Gasteiger partial charge in [-0.05, 0) is 44.2 Å². The van der Waals surface area contributed by atoms with Crippen molar-refractivity contribution in [1.82, 2.24) is 0 Å². The molecule has 0 heterocycles. The third kappa shape index (κ3) is 5.65. The molecule has 0 aliphatic carbocycles. The van der Waals surface area contributed by atoms with Crippen LogP contribution in [0.1, 0.15) is 29.5 Å². The standard InChI is InChI=1S/C14H22O3S/c1-11-6-7-12(2)13(9-11)10-14(15)5-4-8-18(3,16)17/h6-7,9,14-15H,4-5,8,10H2,1-3H3. The van der Waals surface area contributed by atoms with E-state index in [4.69, 9.17) is 0 Å². The maximum absolute atomic E-state index is 11.0. The van der Waals surface area contributed by atoms with Gasteiger partial charge in [-0.15, -0.1) is 0 Å². The van der Waals surface area contributed by atoms with Gasteiger partial charge in [0.05, 0.1) is 6.10 Å². The minimum Gasteiger partial charge on any atom is -0.393 e. The van der Waals surface area contributed by atoms with Crippen molar-refractivity contribution in [2.45, 2.75) is 39.2 Å². The molecule has 0 spiro atoms. The van der Waals surface area contributed by atoms with Crippen LogP contribution < -0.4 is 0 Å². The first-order valence-electron chi connectivity index (χ1n) is 6.20. The minimum absolute atomic E-state index is 0.150. The summed E-state index contributed by atoms with van der Waals surface area (Å²) in [6.07, 6.45) is 2.40. The molecule has 0 aliphatic rings. The molecule has 0 radical (unpaired) electrons. The summed E-state index contributed by atoms with van der Waals surface area (Å²) < 4.78 is 22.0. The first kappa shape index (κ1) is 15.2. The minimum atomic E-state index is -2.92. The third-order valence-electron chi connectivity index (χ3n) is 3.01. The first-order valence-corrected chi connectivity index (χ1v) is 8.26. The van der Waals surface area contributed by atoms with Gasteiger partial charge in [-0.25, -0.2) is 8.42 Å². The molecule has 18 heavy (non-hydrogen) atoms. The van der Waals surface area contributed by atoms with Gasteiger partial charge >= 0.3 is 0 Å². The second kappa shape index (κ2) is 6.34. The molecular weight excluding hydrogens is 248 g/mol. The van der Waals surface area contributed by atoms with E-state index in [1.165, 1.54) is 17.4 Å². The van der Waals surface area contributed by atoms with Gasteiger partial charge in [-0.3, -0.25) is 0 Å². The molecule has 0 aliphatic heterocycles. The highest BCUT2D eigenvalue weighted by molar-refractivity contribution is 7.90. The lowest BCUT2D eigenvalue weighted by Gasteiger charge is -2.13. The topological polar surface area (TPSA) is 54.4 Å². The number of aliphatic hydroxyl groups excluding tert-OH is 1. The molecule has 0 fully saturated rings. The summed E-state index contributed by atoms with van der Waals surface area (Å²) in [4.78, 5) is 0. The lowest BCUT2D eigenvalue weighted by atomic mass is 9.98. The van der Waals surface area contributed by atoms with Crippen LogP contribution in [0.15, 0.2) is 18.2 Å². The average molecular weight is 270 g/mol. The average Bonchev–Trinajstić information content (AvgIpc) is 2.21. The SMILES string of the molecule is Cc1ccc(C)c(CC(O)CCCS(C)(=O)=O)c1. The van der Waals surface area contributed by atoms with E-state index in [-0.39, 0.29) is 5.75 Å². The molecule has 0 aromatic heterocycles. The Kier molecular flexibility index (Phi) is 5.35. The van der Waals surface area contributed by atoms with E-state index in [1.54, 1.807) is 0 Å². The van der Waals surface area contributed by atoms with Crippen LogP contribution in [0.5, 0.6) is 0 Å². The summed E-state index contributed by atoms with van der Waals surface area (Å²) in [6, 6.07) is 6.18. The summed E-state index contributed by atoms with van der Waals surface area (Å²) in [5.74, 6) is 0.150. The molecule has 3 nitrogen and oxygen atoms in total. The Morgan fingerprint density at radius 3 is 2.56 bits per heavy atom. The molecule has 4 heteroatoms. The zero-order chi connectivity index (χ0) is 13.8. The number of sulfone groups is 1. The van der Waals surface area contributed by atoms with Crippen molar-refractivity contribution in [2.75, 3.05) is 12.0 Å². The lowest BCUT2D eigenvalue weighted by Crippen LogP contribution is -2.14. The molecule has 0 saturated carbocycles. The van der Waals surface area contributed by atoms with Crippen molar-refractivity contribution in [2.24, 2.45) is 0 Å². The van der Waals surface area contributed by atoms with Gasteiger partial charge in [0.1, 0.15) is 9.84 Å². The highest BCUT2D eigenvalue weighted by atomic mass is 32.2. The Balaban J connectivity index is 2.49. The largest absolute Gasteiger partial charge is 0.393 e. The van der Waals surface area contributed by atoms with Gasteiger partial charge in [-0.2, -0.15) is 0 Å². The Bertz CT molecular complexity index is 492. The Morgan fingerprint density at radius 2 is 1.94 bits per heavy atom. The molecule has 0 amide bonds. The molecule has 1 rings (SSSR count). The molecule has 1 unspecified atom stereocenters. The molecular formula is C14H22O3S. The van der Waals surface area contributed by atoms with Crippen LogP contribution in [0.3, 0.4) is 0 Å². The monoisotopic (exact) mass is 270 g/mol. The van der Waals surface area contributed by atoms with Crippen LogP contribution in [0.2, 0.25) is 0 Å². The summed E-state index contributed by atoms with van der Waals surface area (Å²) >= 11 is 0. The fourth-order valence-corrected chi connectivity index (χ4v) is 2.65. The number of aliphatic hydroxyl groups is 1. The fourth-order valence-electron chi connectivity index (χ4n) is 1.96. The van der Waals surface area contributed by atoms with Crippen LogP contribution in [0, 0.1) is 13.8 Å². The zero-order valence-electron chi connectivity index (χ0n) is 11.3. The van der Waals surface area contributed by atoms with Crippen LogP contribution in [0.4, 0.5) is 0 Å². The van der Waals surface area contributed by atoms with Crippen LogP contribution in [-0.4, -0.2) is 31.6 Å². The summed E-state index contributed by atoms with van der Waals surface area (Å²) in [5, 5.41) is 9.92. The van der Waals surface area contributed by atoms with E-state index in [2.05, 4.69) is 12.1 Å². The number of benzene rings is 1. The predicted octanol–water partition coefficient (Wildman–Crippen LogP) is 2.03. The number of hydrogen-bond acceptors (Lipinski definition) is 3. The summed E-state index contributed by atoms with van der Waals surface area (Å²) in [7, 11) is -2.92. The zero-order valence-corrected chi connectivity index (χ0v) is 12.1. The molecule has 0 bridgehead atoms. The Labute approximate surface area is 110 Å². The molecule has 1 atom stereocenters. The second-order valence-corrected chi connectivity index (χ2v) is 7.32. The summed E-state index contributed by atoms with van der Waals surface area (Å²) in [6.45, 7) is 4.05. The second-order valence-electron chi connectivity index (χ2n) is 5.06. The maximum Gasteiger partial charge on any atom is 0.147 e. The van der Waals surface area contributed by atoms with Crippen molar-refractivity contribution in [3.8, 4) is 0 Å². The van der Waals surface area contributed by atoms with Crippen molar-refractivity contribution in [1.29, 1.82) is 0 Å². The molecule has 1 N–H and O–H groups in total. The predicted molar refractivity (Wildman–Crippen MR) is 74.6 cm³/mol. The lowest BCUT2D eigenvalue weighted by molar-refractivity contribution is 0.164. The smallest absolute Gasteiger partial charge is 0.147 e. The van der Waals surface area contributed by atoms with E-state index in [0.717, 1.165) is 5.56 Å². The fraction of sp³-hybridized carbons (Fsp3) is 0.571. The molecule has 0 saturated heterocycles. The molecule has 1 aromatic carbocycles. The van der Waals surface area contributed by atoms with Crippen molar-refractivity contribution in [3.05, 3.63) is 34.9 Å². The maximum atomic E-state index is 11.0. The van der Waals surface area contributed by atoms with Crippen molar-refractivity contribution in [3.63, 3.8) is 0 Å². The third-order valence-corrected chi connectivity index (χ3v) is 4.04. The highest BCUT2D eigenvalue weighted by Gasteiger charge is 2.10. The van der Waals surface area contributed by atoms with Gasteiger partial charge in [-0.1, -0.05) is 23.8 Å². The van der Waals surface area contributed by atoms with Gasteiger partial charge in [0.2, 0.25) is 0 Å². The van der Waals surface area contributed by atoms with E-state index in [0.29, 0.717) is 19.3 Å². The van der Waals surface area contributed by atoms with Gasteiger partial charge in [0.25, 0.3) is 0 Å². The Morgan fingerprint density at radius 1 is 1.28 bits per heavy atom. The molecule has 1 aromatic rings. The van der Waals surface area contributed by atoms with Gasteiger partial charge in [0.15, 0.2) is 0 Å². The van der Waals surface area contributed by atoms with E-state index in [1.807, 2.05) is 19.9 Å². The van der Waals surface area contributed by atoms with Crippen molar-refractivity contribution < 1.29 is 13.5 Å². The van der Waals surface area contributed by atoms with Crippen LogP contribution in [-0.2, 0) is 16.3 Å². The normalized spacial score (nSPS) is 13.6. The quantitative estimate of drug-likeness (QED) is 0.860. The number of aryl methyl sites for hydroxylation is 2. The van der Waals surface area contributed by atoms with Gasteiger partial charge < -0.3 is 5.11 Å². The van der Waals surface area contributed by atoms with Crippen LogP contribution in [0.25, 0.3) is 0 Å². The van der Waals surface area contributed by atoms with Gasteiger partial charge in [0, 0.05) is 12.0 Å². The number of rotatable bonds is 6. The van der Waals surface area contributed by atoms with Crippen molar-refractivity contribution >= 4 is 9.84 Å².